The molecule has 0 spiro atoms. The Labute approximate surface area is 151 Å². The molecule has 0 unspecified atom stereocenters. The van der Waals surface area contributed by atoms with Gasteiger partial charge in [-0.3, -0.25) is 0 Å². The van der Waals surface area contributed by atoms with E-state index < -0.39 is 0 Å². The van der Waals surface area contributed by atoms with Crippen LogP contribution in [0.25, 0.3) is 0 Å². The van der Waals surface area contributed by atoms with Gasteiger partial charge in [0, 0.05) is 24.8 Å². The highest BCUT2D eigenvalue weighted by molar-refractivity contribution is 7.80. The van der Waals surface area contributed by atoms with Gasteiger partial charge in [0.05, 0.1) is 12.5 Å². The average molecular weight is 345 g/mol. The maximum absolute atomic E-state index is 8.68. The van der Waals surface area contributed by atoms with Crippen molar-refractivity contribution in [2.45, 2.75) is 51.5 Å². The number of benzene rings is 1. The Morgan fingerprint density at radius 2 is 2.12 bits per heavy atom. The van der Waals surface area contributed by atoms with Gasteiger partial charge in [-0.2, -0.15) is 5.26 Å². The molecule has 0 aromatic heterocycles. The number of nitriles is 1. The maximum Gasteiger partial charge on any atom is 0.170 e. The summed E-state index contributed by atoms with van der Waals surface area (Å²) in [6.45, 7) is 5.58. The van der Waals surface area contributed by atoms with Crippen LogP contribution in [0.4, 0.5) is 5.69 Å². The predicted molar refractivity (Wildman–Crippen MR) is 104 cm³/mol. The van der Waals surface area contributed by atoms with Gasteiger partial charge in [0.25, 0.3) is 0 Å². The Morgan fingerprint density at radius 3 is 2.83 bits per heavy atom. The molecule has 1 aromatic rings. The molecule has 2 rings (SSSR count). The van der Waals surface area contributed by atoms with Crippen LogP contribution in [0.5, 0.6) is 0 Å². The summed E-state index contributed by atoms with van der Waals surface area (Å²) < 4.78 is 0. The number of anilines is 1. The first-order chi connectivity index (χ1) is 11.7. The number of piperidine rings is 1. The fourth-order valence-corrected chi connectivity index (χ4v) is 3.49. The monoisotopic (exact) mass is 344 g/mol. The minimum absolute atomic E-state index is 0.443. The van der Waals surface area contributed by atoms with E-state index in [0.717, 1.165) is 36.8 Å². The minimum Gasteiger partial charge on any atom is -0.362 e. The van der Waals surface area contributed by atoms with Crippen LogP contribution < -0.4 is 10.6 Å². The molecule has 1 atom stereocenters. The summed E-state index contributed by atoms with van der Waals surface area (Å²) in [6, 6.07) is 10.7. The molecule has 4 nitrogen and oxygen atoms in total. The van der Waals surface area contributed by atoms with E-state index >= 15 is 0 Å². The molecule has 1 aliphatic rings. The normalized spacial score (nSPS) is 17.9. The number of thiocarbonyl (C=S) groups is 1. The number of hydrogen-bond acceptors (Lipinski definition) is 3. The topological polar surface area (TPSA) is 51.1 Å². The highest BCUT2D eigenvalue weighted by atomic mass is 32.1. The largest absolute Gasteiger partial charge is 0.362 e. The molecule has 0 aliphatic carbocycles. The van der Waals surface area contributed by atoms with Crippen molar-refractivity contribution in [3.8, 4) is 6.07 Å². The average Bonchev–Trinajstić information content (AvgIpc) is 2.61. The van der Waals surface area contributed by atoms with Crippen LogP contribution in [0.1, 0.15) is 44.6 Å². The molecule has 1 saturated heterocycles. The van der Waals surface area contributed by atoms with Gasteiger partial charge >= 0.3 is 0 Å². The summed E-state index contributed by atoms with van der Waals surface area (Å²) >= 11 is 5.35. The standard InChI is InChI=1S/C19H28N4S/c1-2-18-6-3-4-14-23(18)15-5-13-21-19(24)22-17-9-7-16(8-10-17)11-12-20/h7-10,18H,2-6,11,13-15H2,1H3,(H2,21,22,24)/t18-/m1/s1. The quantitative estimate of drug-likeness (QED) is 0.583. The number of nitrogens with zero attached hydrogens (tertiary/aromatic N) is 2. The lowest BCUT2D eigenvalue weighted by Gasteiger charge is -2.35. The summed E-state index contributed by atoms with van der Waals surface area (Å²) in [5.74, 6) is 0. The molecule has 1 fully saturated rings. The van der Waals surface area contributed by atoms with E-state index in [0.29, 0.717) is 11.5 Å². The molecule has 0 radical (unpaired) electrons. The molecule has 24 heavy (non-hydrogen) atoms. The Morgan fingerprint density at radius 1 is 1.33 bits per heavy atom. The lowest BCUT2D eigenvalue weighted by atomic mass is 10.00. The molecular formula is C19H28N4S. The third kappa shape index (κ3) is 6.10. The first-order valence-electron chi connectivity index (χ1n) is 8.97. The van der Waals surface area contributed by atoms with Crippen LogP contribution in [0, 0.1) is 11.3 Å². The number of rotatable bonds is 7. The molecule has 2 N–H and O–H groups in total. The molecule has 5 heteroatoms. The van der Waals surface area contributed by atoms with Crippen LogP contribution in [0.3, 0.4) is 0 Å². The molecule has 0 amide bonds. The molecular weight excluding hydrogens is 316 g/mol. The van der Waals surface area contributed by atoms with Crippen LogP contribution in [0.15, 0.2) is 24.3 Å². The van der Waals surface area contributed by atoms with E-state index in [2.05, 4.69) is 28.5 Å². The summed E-state index contributed by atoms with van der Waals surface area (Å²) in [5.41, 5.74) is 1.98. The minimum atomic E-state index is 0.443. The van der Waals surface area contributed by atoms with Gasteiger partial charge in [-0.25, -0.2) is 0 Å². The molecule has 1 aliphatic heterocycles. The molecule has 1 heterocycles. The lowest BCUT2D eigenvalue weighted by molar-refractivity contribution is 0.143. The summed E-state index contributed by atoms with van der Waals surface area (Å²) in [5, 5.41) is 15.8. The van der Waals surface area contributed by atoms with Crippen molar-refractivity contribution < 1.29 is 0 Å². The van der Waals surface area contributed by atoms with Gasteiger partial charge in [0.2, 0.25) is 0 Å². The highest BCUT2D eigenvalue weighted by Gasteiger charge is 2.19. The molecule has 0 saturated carbocycles. The Balaban J connectivity index is 1.65. The number of nitrogens with one attached hydrogen (secondary N) is 2. The van der Waals surface area contributed by atoms with Crippen molar-refractivity contribution in [3.05, 3.63) is 29.8 Å². The van der Waals surface area contributed by atoms with E-state index in [-0.39, 0.29) is 0 Å². The van der Waals surface area contributed by atoms with Crippen molar-refractivity contribution in [2.24, 2.45) is 0 Å². The van der Waals surface area contributed by atoms with Gasteiger partial charge in [-0.1, -0.05) is 25.5 Å². The van der Waals surface area contributed by atoms with Crippen molar-refractivity contribution in [1.82, 2.24) is 10.2 Å². The number of likely N-dealkylation sites (tertiary alicyclic amines) is 1. The van der Waals surface area contributed by atoms with Gasteiger partial charge in [0.15, 0.2) is 5.11 Å². The van der Waals surface area contributed by atoms with Gasteiger partial charge in [0.1, 0.15) is 0 Å². The van der Waals surface area contributed by atoms with Crippen molar-refractivity contribution >= 4 is 23.0 Å². The fourth-order valence-electron chi connectivity index (χ4n) is 3.27. The maximum atomic E-state index is 8.68. The van der Waals surface area contributed by atoms with E-state index in [9.17, 15) is 0 Å². The zero-order valence-corrected chi connectivity index (χ0v) is 15.4. The van der Waals surface area contributed by atoms with Gasteiger partial charge in [-0.15, -0.1) is 0 Å². The SMILES string of the molecule is CC[C@@H]1CCCCN1CCCNC(=S)Nc1ccc(CC#N)cc1. The van der Waals surface area contributed by atoms with Crippen LogP contribution >= 0.6 is 12.2 Å². The Hall–Kier alpha value is -1.64. The second kappa shape index (κ2) is 10.3. The molecule has 0 bridgehead atoms. The van der Waals surface area contributed by atoms with E-state index in [1.807, 2.05) is 24.3 Å². The predicted octanol–water partition coefficient (Wildman–Crippen LogP) is 3.69. The first-order valence-corrected chi connectivity index (χ1v) is 9.38. The first kappa shape index (κ1) is 18.7. The Kier molecular flexibility index (Phi) is 8.00. The van der Waals surface area contributed by atoms with E-state index in [1.165, 1.54) is 32.2 Å². The van der Waals surface area contributed by atoms with Crippen molar-refractivity contribution in [1.29, 1.82) is 5.26 Å². The summed E-state index contributed by atoms with van der Waals surface area (Å²) in [4.78, 5) is 2.63. The zero-order chi connectivity index (χ0) is 17.2. The second-order valence-corrected chi connectivity index (χ2v) is 6.77. The third-order valence-corrected chi connectivity index (χ3v) is 4.87. The van der Waals surface area contributed by atoms with Crippen molar-refractivity contribution in [2.75, 3.05) is 25.0 Å². The smallest absolute Gasteiger partial charge is 0.170 e. The van der Waals surface area contributed by atoms with Crippen molar-refractivity contribution in [3.63, 3.8) is 0 Å². The van der Waals surface area contributed by atoms with Crippen LogP contribution in [0.2, 0.25) is 0 Å². The van der Waals surface area contributed by atoms with Crippen LogP contribution in [-0.2, 0) is 6.42 Å². The zero-order valence-electron chi connectivity index (χ0n) is 14.6. The molecule has 1 aromatic carbocycles. The number of hydrogen-bond donors (Lipinski definition) is 2. The van der Waals surface area contributed by atoms with Gasteiger partial charge < -0.3 is 15.5 Å². The third-order valence-electron chi connectivity index (χ3n) is 4.62. The van der Waals surface area contributed by atoms with E-state index in [4.69, 9.17) is 17.5 Å². The second-order valence-electron chi connectivity index (χ2n) is 6.36. The summed E-state index contributed by atoms with van der Waals surface area (Å²) in [7, 11) is 0. The van der Waals surface area contributed by atoms with Gasteiger partial charge in [-0.05, 0) is 62.1 Å². The molecule has 130 valence electrons. The lowest BCUT2D eigenvalue weighted by Crippen LogP contribution is -2.40. The van der Waals surface area contributed by atoms with Crippen LogP contribution in [-0.4, -0.2) is 35.7 Å². The van der Waals surface area contributed by atoms with E-state index in [1.54, 1.807) is 0 Å². The fraction of sp³-hybridized carbons (Fsp3) is 0.579. The summed E-state index contributed by atoms with van der Waals surface area (Å²) in [6.07, 6.45) is 6.89. The highest BCUT2D eigenvalue weighted by Crippen LogP contribution is 2.19. The Bertz CT molecular complexity index is 549.